The normalized spacial score (nSPS) is 10.2. The molecule has 2 N–H and O–H groups in total. The van der Waals surface area contributed by atoms with Crippen molar-refractivity contribution >= 4 is 11.6 Å². The van der Waals surface area contributed by atoms with Crippen LogP contribution >= 0.6 is 0 Å². The van der Waals surface area contributed by atoms with Crippen LogP contribution in [0.25, 0.3) is 0 Å². The Balaban J connectivity index is 2.11. The SMILES string of the molecule is CNC(=O)Cc1ccccc1NCc1ccc(F)cc1C. The van der Waals surface area contributed by atoms with Crippen LogP contribution in [-0.2, 0) is 17.8 Å². The van der Waals surface area contributed by atoms with Crippen LogP contribution in [0.4, 0.5) is 10.1 Å². The third-order valence-electron chi connectivity index (χ3n) is 3.42. The van der Waals surface area contributed by atoms with Gasteiger partial charge in [-0.25, -0.2) is 4.39 Å². The van der Waals surface area contributed by atoms with Gasteiger partial charge in [-0.1, -0.05) is 24.3 Å². The molecule has 1 amide bonds. The van der Waals surface area contributed by atoms with E-state index in [4.69, 9.17) is 0 Å². The topological polar surface area (TPSA) is 41.1 Å². The van der Waals surface area contributed by atoms with Gasteiger partial charge in [0.1, 0.15) is 5.82 Å². The number of halogens is 1. The van der Waals surface area contributed by atoms with Crippen molar-refractivity contribution in [3.05, 3.63) is 65.0 Å². The number of hydrogen-bond acceptors (Lipinski definition) is 2. The zero-order chi connectivity index (χ0) is 15.2. The Kier molecular flexibility index (Phi) is 4.93. The second-order valence-corrected chi connectivity index (χ2v) is 4.93. The van der Waals surface area contributed by atoms with E-state index in [9.17, 15) is 9.18 Å². The van der Waals surface area contributed by atoms with E-state index in [1.165, 1.54) is 12.1 Å². The summed E-state index contributed by atoms with van der Waals surface area (Å²) in [5.41, 5.74) is 3.80. The molecule has 0 spiro atoms. The van der Waals surface area contributed by atoms with Gasteiger partial charge >= 0.3 is 0 Å². The van der Waals surface area contributed by atoms with Crippen molar-refractivity contribution in [1.82, 2.24) is 5.32 Å². The van der Waals surface area contributed by atoms with Crippen molar-refractivity contribution in [2.75, 3.05) is 12.4 Å². The van der Waals surface area contributed by atoms with Crippen molar-refractivity contribution in [2.24, 2.45) is 0 Å². The molecule has 2 aromatic carbocycles. The highest BCUT2D eigenvalue weighted by molar-refractivity contribution is 5.80. The highest BCUT2D eigenvalue weighted by Crippen LogP contribution is 2.18. The molecule has 0 saturated carbocycles. The Morgan fingerprint density at radius 2 is 1.90 bits per heavy atom. The summed E-state index contributed by atoms with van der Waals surface area (Å²) in [5, 5.41) is 5.94. The first kappa shape index (κ1) is 15.0. The van der Waals surface area contributed by atoms with Crippen molar-refractivity contribution in [3.8, 4) is 0 Å². The molecule has 4 heteroatoms. The average molecular weight is 286 g/mol. The molecule has 0 aliphatic heterocycles. The lowest BCUT2D eigenvalue weighted by Crippen LogP contribution is -2.20. The van der Waals surface area contributed by atoms with E-state index in [0.717, 1.165) is 22.4 Å². The standard InChI is InChI=1S/C17H19FN2O/c1-12-9-15(18)8-7-14(12)11-20-16-6-4-3-5-13(16)10-17(21)19-2/h3-9,20H,10-11H2,1-2H3,(H,19,21). The summed E-state index contributed by atoms with van der Waals surface area (Å²) in [6.45, 7) is 2.48. The Bertz CT molecular complexity index is 640. The predicted molar refractivity (Wildman–Crippen MR) is 82.7 cm³/mol. The molecule has 110 valence electrons. The van der Waals surface area contributed by atoms with E-state index < -0.39 is 0 Å². The first-order valence-corrected chi connectivity index (χ1v) is 6.87. The lowest BCUT2D eigenvalue weighted by atomic mass is 10.1. The Hall–Kier alpha value is -2.36. The molecule has 0 aliphatic rings. The van der Waals surface area contributed by atoms with Crippen LogP contribution in [0.15, 0.2) is 42.5 Å². The van der Waals surface area contributed by atoms with Gasteiger partial charge < -0.3 is 10.6 Å². The fourth-order valence-electron chi connectivity index (χ4n) is 2.16. The molecule has 21 heavy (non-hydrogen) atoms. The molecule has 0 aliphatic carbocycles. The number of carbonyl (C=O) groups excluding carboxylic acids is 1. The Morgan fingerprint density at radius 1 is 1.14 bits per heavy atom. The van der Waals surface area contributed by atoms with Gasteiger partial charge in [-0.05, 0) is 41.8 Å². The monoisotopic (exact) mass is 286 g/mol. The summed E-state index contributed by atoms with van der Waals surface area (Å²) in [6.07, 6.45) is 0.335. The molecule has 0 bridgehead atoms. The van der Waals surface area contributed by atoms with Crippen LogP contribution in [0, 0.1) is 12.7 Å². The molecule has 0 atom stereocenters. The second-order valence-electron chi connectivity index (χ2n) is 4.93. The van der Waals surface area contributed by atoms with Crippen LogP contribution in [0.3, 0.4) is 0 Å². The summed E-state index contributed by atoms with van der Waals surface area (Å²) in [5.74, 6) is -0.251. The number of likely N-dealkylation sites (N-methyl/N-ethyl adjacent to an activating group) is 1. The van der Waals surface area contributed by atoms with E-state index >= 15 is 0 Å². The molecule has 0 radical (unpaired) electrons. The predicted octanol–water partition coefficient (Wildman–Crippen LogP) is 3.03. The largest absolute Gasteiger partial charge is 0.381 e. The number of aryl methyl sites for hydroxylation is 1. The maximum Gasteiger partial charge on any atom is 0.224 e. The third-order valence-corrected chi connectivity index (χ3v) is 3.42. The van der Waals surface area contributed by atoms with Gasteiger partial charge in [-0.2, -0.15) is 0 Å². The lowest BCUT2D eigenvalue weighted by Gasteiger charge is -2.13. The van der Waals surface area contributed by atoms with Crippen LogP contribution in [0.5, 0.6) is 0 Å². The smallest absolute Gasteiger partial charge is 0.224 e. The number of rotatable bonds is 5. The van der Waals surface area contributed by atoms with Gasteiger partial charge in [0.25, 0.3) is 0 Å². The van der Waals surface area contributed by atoms with E-state index in [2.05, 4.69) is 10.6 Å². The van der Waals surface area contributed by atoms with Gasteiger partial charge in [0.15, 0.2) is 0 Å². The van der Waals surface area contributed by atoms with Crippen molar-refractivity contribution < 1.29 is 9.18 Å². The van der Waals surface area contributed by atoms with E-state index in [0.29, 0.717) is 13.0 Å². The number of para-hydroxylation sites is 1. The molecular formula is C17H19FN2O. The van der Waals surface area contributed by atoms with Crippen LogP contribution in [0.1, 0.15) is 16.7 Å². The molecular weight excluding hydrogens is 267 g/mol. The third kappa shape index (κ3) is 4.05. The minimum absolute atomic E-state index is 0.0257. The van der Waals surface area contributed by atoms with Crippen LogP contribution < -0.4 is 10.6 Å². The highest BCUT2D eigenvalue weighted by Gasteiger charge is 2.07. The number of carbonyl (C=O) groups is 1. The molecule has 0 heterocycles. The summed E-state index contributed by atoms with van der Waals surface area (Å²) in [7, 11) is 1.63. The minimum Gasteiger partial charge on any atom is -0.381 e. The molecule has 0 fully saturated rings. The molecule has 2 rings (SSSR count). The maximum atomic E-state index is 13.1. The van der Waals surface area contributed by atoms with Crippen molar-refractivity contribution in [1.29, 1.82) is 0 Å². The molecule has 0 aromatic heterocycles. The zero-order valence-electron chi connectivity index (χ0n) is 12.2. The second kappa shape index (κ2) is 6.88. The zero-order valence-corrected chi connectivity index (χ0v) is 12.2. The van der Waals surface area contributed by atoms with Gasteiger partial charge in [0.2, 0.25) is 5.91 Å². The van der Waals surface area contributed by atoms with Gasteiger partial charge in [0, 0.05) is 19.3 Å². The molecule has 0 saturated heterocycles. The Morgan fingerprint density at radius 3 is 2.62 bits per heavy atom. The van der Waals surface area contributed by atoms with Crippen molar-refractivity contribution in [3.63, 3.8) is 0 Å². The molecule has 0 unspecified atom stereocenters. The quantitative estimate of drug-likeness (QED) is 0.887. The minimum atomic E-state index is -0.226. The number of hydrogen-bond donors (Lipinski definition) is 2. The van der Waals surface area contributed by atoms with Crippen LogP contribution in [-0.4, -0.2) is 13.0 Å². The highest BCUT2D eigenvalue weighted by atomic mass is 19.1. The summed E-state index contributed by atoms with van der Waals surface area (Å²) < 4.78 is 13.1. The van der Waals surface area contributed by atoms with E-state index in [-0.39, 0.29) is 11.7 Å². The van der Waals surface area contributed by atoms with E-state index in [1.807, 2.05) is 31.2 Å². The van der Waals surface area contributed by atoms with Gasteiger partial charge in [0.05, 0.1) is 6.42 Å². The molecule has 3 nitrogen and oxygen atoms in total. The van der Waals surface area contributed by atoms with Crippen LogP contribution in [0.2, 0.25) is 0 Å². The average Bonchev–Trinajstić information content (AvgIpc) is 2.47. The maximum absolute atomic E-state index is 13.1. The number of benzene rings is 2. The summed E-state index contributed by atoms with van der Waals surface area (Å²) >= 11 is 0. The van der Waals surface area contributed by atoms with Gasteiger partial charge in [-0.3, -0.25) is 4.79 Å². The van der Waals surface area contributed by atoms with Gasteiger partial charge in [-0.15, -0.1) is 0 Å². The fourth-order valence-corrected chi connectivity index (χ4v) is 2.16. The summed E-state index contributed by atoms with van der Waals surface area (Å²) in [6, 6.07) is 12.5. The Labute approximate surface area is 124 Å². The number of amides is 1. The van der Waals surface area contributed by atoms with E-state index in [1.54, 1.807) is 13.1 Å². The molecule has 2 aromatic rings. The lowest BCUT2D eigenvalue weighted by molar-refractivity contribution is -0.119. The number of nitrogens with one attached hydrogen (secondary N) is 2. The number of anilines is 1. The first-order valence-electron chi connectivity index (χ1n) is 6.87. The fraction of sp³-hybridized carbons (Fsp3) is 0.235. The summed E-state index contributed by atoms with van der Waals surface area (Å²) in [4.78, 5) is 11.5. The first-order chi connectivity index (χ1) is 10.1. The van der Waals surface area contributed by atoms with Crippen molar-refractivity contribution in [2.45, 2.75) is 19.9 Å².